The summed E-state index contributed by atoms with van der Waals surface area (Å²) >= 11 is 0. The number of pyridine rings is 1. The molecule has 0 saturated carbocycles. The van der Waals surface area contributed by atoms with Crippen LogP contribution in [0, 0.1) is 13.8 Å². The third-order valence-electron chi connectivity index (χ3n) is 3.49. The first-order valence-electron chi connectivity index (χ1n) is 6.83. The lowest BCUT2D eigenvalue weighted by Crippen LogP contribution is -2.19. The number of unbranched alkanes of at least 4 members (excludes halogenated alkanes) is 1. The minimum absolute atomic E-state index is 0.154. The van der Waals surface area contributed by atoms with Gasteiger partial charge in [0.2, 0.25) is 5.43 Å². The Labute approximate surface area is 117 Å². The predicted octanol–water partition coefficient (Wildman–Crippen LogP) is 3.12. The average Bonchev–Trinajstić information content (AvgIpc) is 2.37. The summed E-state index contributed by atoms with van der Waals surface area (Å²) < 4.78 is 1.90. The van der Waals surface area contributed by atoms with E-state index >= 15 is 0 Å². The minimum Gasteiger partial charge on any atom is -0.477 e. The highest BCUT2D eigenvalue weighted by molar-refractivity contribution is 5.93. The fourth-order valence-corrected chi connectivity index (χ4v) is 2.60. The van der Waals surface area contributed by atoms with Crippen molar-refractivity contribution >= 4 is 16.9 Å². The number of rotatable bonds is 4. The first-order valence-corrected chi connectivity index (χ1v) is 6.83. The molecule has 106 valence electrons. The fraction of sp³-hybridized carbons (Fsp3) is 0.375. The summed E-state index contributed by atoms with van der Waals surface area (Å²) in [5, 5.41) is 9.70. The number of aryl methyl sites for hydroxylation is 3. The Hall–Kier alpha value is -2.10. The van der Waals surface area contributed by atoms with E-state index in [-0.39, 0.29) is 5.56 Å². The first-order chi connectivity index (χ1) is 9.45. The van der Waals surface area contributed by atoms with E-state index < -0.39 is 11.4 Å². The molecule has 1 heterocycles. The highest BCUT2D eigenvalue weighted by atomic mass is 16.4. The van der Waals surface area contributed by atoms with Crippen molar-refractivity contribution in [2.24, 2.45) is 0 Å². The number of nitrogens with zero attached hydrogens (tertiary/aromatic N) is 1. The Morgan fingerprint density at radius 3 is 2.60 bits per heavy atom. The smallest absolute Gasteiger partial charge is 0.341 e. The van der Waals surface area contributed by atoms with Crippen molar-refractivity contribution in [2.45, 2.75) is 40.2 Å². The van der Waals surface area contributed by atoms with Crippen LogP contribution in [0.2, 0.25) is 0 Å². The summed E-state index contributed by atoms with van der Waals surface area (Å²) in [6, 6.07) is 3.80. The molecule has 2 aromatic rings. The SMILES string of the molecule is CCCCn1cc(C(=O)O)c(=O)c2cc(C)cc(C)c21. The molecule has 1 N–H and O–H groups in total. The molecular weight excluding hydrogens is 254 g/mol. The van der Waals surface area contributed by atoms with Crippen LogP contribution in [0.5, 0.6) is 0 Å². The van der Waals surface area contributed by atoms with Gasteiger partial charge < -0.3 is 9.67 Å². The number of hydrogen-bond acceptors (Lipinski definition) is 2. The number of carbonyl (C=O) groups is 1. The number of aromatic carboxylic acids is 1. The number of carboxylic acids is 1. The van der Waals surface area contributed by atoms with E-state index in [0.29, 0.717) is 5.39 Å². The van der Waals surface area contributed by atoms with Crippen LogP contribution in [0.4, 0.5) is 0 Å². The molecule has 0 spiro atoms. The number of carboxylic acid groups (broad SMARTS) is 1. The van der Waals surface area contributed by atoms with Crippen LogP contribution < -0.4 is 5.43 Å². The maximum absolute atomic E-state index is 12.3. The molecule has 1 aromatic heterocycles. The number of hydrogen-bond donors (Lipinski definition) is 1. The molecule has 0 aliphatic rings. The second-order valence-electron chi connectivity index (χ2n) is 5.20. The van der Waals surface area contributed by atoms with Crippen LogP contribution in [0.1, 0.15) is 41.3 Å². The normalized spacial score (nSPS) is 10.9. The molecule has 1 aromatic carbocycles. The van der Waals surface area contributed by atoms with Gasteiger partial charge in [-0.2, -0.15) is 0 Å². The van der Waals surface area contributed by atoms with Gasteiger partial charge in [-0.15, -0.1) is 0 Å². The van der Waals surface area contributed by atoms with Crippen LogP contribution in [-0.4, -0.2) is 15.6 Å². The molecule has 2 rings (SSSR count). The summed E-state index contributed by atoms with van der Waals surface area (Å²) in [5.74, 6) is -1.17. The van der Waals surface area contributed by atoms with Crippen molar-refractivity contribution in [1.82, 2.24) is 4.57 Å². The van der Waals surface area contributed by atoms with E-state index in [2.05, 4.69) is 6.92 Å². The van der Waals surface area contributed by atoms with Crippen molar-refractivity contribution in [1.29, 1.82) is 0 Å². The third kappa shape index (κ3) is 2.46. The van der Waals surface area contributed by atoms with Crippen molar-refractivity contribution in [3.8, 4) is 0 Å². The van der Waals surface area contributed by atoms with Gasteiger partial charge in [0.1, 0.15) is 5.56 Å². The van der Waals surface area contributed by atoms with E-state index in [4.69, 9.17) is 0 Å². The fourth-order valence-electron chi connectivity index (χ4n) is 2.60. The average molecular weight is 273 g/mol. The van der Waals surface area contributed by atoms with Gasteiger partial charge in [-0.1, -0.05) is 19.4 Å². The van der Waals surface area contributed by atoms with Gasteiger partial charge in [-0.05, 0) is 37.5 Å². The summed E-state index contributed by atoms with van der Waals surface area (Å²) in [6.07, 6.45) is 3.44. The largest absolute Gasteiger partial charge is 0.477 e. The van der Waals surface area contributed by atoms with Gasteiger partial charge in [0.05, 0.1) is 5.52 Å². The molecule has 4 heteroatoms. The van der Waals surface area contributed by atoms with Crippen LogP contribution in [0.15, 0.2) is 23.1 Å². The van der Waals surface area contributed by atoms with Gasteiger partial charge in [-0.3, -0.25) is 4.79 Å². The van der Waals surface area contributed by atoms with Crippen LogP contribution in [0.25, 0.3) is 10.9 Å². The summed E-state index contributed by atoms with van der Waals surface area (Å²) in [4.78, 5) is 23.6. The Morgan fingerprint density at radius 2 is 2.00 bits per heavy atom. The minimum atomic E-state index is -1.17. The molecule has 4 nitrogen and oxygen atoms in total. The van der Waals surface area contributed by atoms with Crippen LogP contribution >= 0.6 is 0 Å². The lowest BCUT2D eigenvalue weighted by molar-refractivity contribution is 0.0695. The summed E-state index contributed by atoms with van der Waals surface area (Å²) in [5.41, 5.74) is 2.27. The Morgan fingerprint density at radius 1 is 1.30 bits per heavy atom. The molecule has 0 saturated heterocycles. The van der Waals surface area contributed by atoms with Gasteiger partial charge in [0.15, 0.2) is 0 Å². The van der Waals surface area contributed by atoms with Crippen molar-refractivity contribution in [2.75, 3.05) is 0 Å². The van der Waals surface area contributed by atoms with Crippen LogP contribution in [-0.2, 0) is 6.54 Å². The molecular formula is C16H19NO3. The second-order valence-corrected chi connectivity index (χ2v) is 5.20. The number of aromatic nitrogens is 1. The highest BCUT2D eigenvalue weighted by Crippen LogP contribution is 2.19. The molecule has 0 amide bonds. The molecule has 0 unspecified atom stereocenters. The number of fused-ring (bicyclic) bond motifs is 1. The second kappa shape index (κ2) is 5.49. The zero-order valence-electron chi connectivity index (χ0n) is 12.1. The van der Waals surface area contributed by atoms with Crippen molar-refractivity contribution < 1.29 is 9.90 Å². The number of benzene rings is 1. The summed E-state index contributed by atoms with van der Waals surface area (Å²) in [7, 11) is 0. The molecule has 0 atom stereocenters. The lowest BCUT2D eigenvalue weighted by atomic mass is 10.0. The van der Waals surface area contributed by atoms with E-state index in [9.17, 15) is 14.7 Å². The maximum atomic E-state index is 12.3. The topological polar surface area (TPSA) is 59.3 Å². The van der Waals surface area contributed by atoms with Crippen molar-refractivity contribution in [3.63, 3.8) is 0 Å². The quantitative estimate of drug-likeness (QED) is 0.931. The third-order valence-corrected chi connectivity index (χ3v) is 3.49. The van der Waals surface area contributed by atoms with Gasteiger partial charge in [0, 0.05) is 18.1 Å². The van der Waals surface area contributed by atoms with Crippen LogP contribution in [0.3, 0.4) is 0 Å². The summed E-state index contributed by atoms with van der Waals surface area (Å²) in [6.45, 7) is 6.67. The first kappa shape index (κ1) is 14.3. The van der Waals surface area contributed by atoms with E-state index in [0.717, 1.165) is 36.0 Å². The highest BCUT2D eigenvalue weighted by Gasteiger charge is 2.15. The molecule has 0 aliphatic carbocycles. The van der Waals surface area contributed by atoms with E-state index in [1.807, 2.05) is 24.5 Å². The monoisotopic (exact) mass is 273 g/mol. The van der Waals surface area contributed by atoms with Crippen molar-refractivity contribution in [3.05, 3.63) is 45.2 Å². The standard InChI is InChI=1S/C16H19NO3/c1-4-5-6-17-9-13(16(19)20)15(18)12-8-10(2)7-11(3)14(12)17/h7-9H,4-6H2,1-3H3,(H,19,20). The zero-order chi connectivity index (χ0) is 14.9. The predicted molar refractivity (Wildman–Crippen MR) is 79.5 cm³/mol. The van der Waals surface area contributed by atoms with Gasteiger partial charge in [0.25, 0.3) is 0 Å². The molecule has 0 bridgehead atoms. The Kier molecular flexibility index (Phi) is 3.93. The lowest BCUT2D eigenvalue weighted by Gasteiger charge is -2.14. The van der Waals surface area contributed by atoms with Gasteiger partial charge in [-0.25, -0.2) is 4.79 Å². The van der Waals surface area contributed by atoms with Gasteiger partial charge >= 0.3 is 5.97 Å². The Balaban J connectivity index is 2.85. The molecule has 0 aliphatic heterocycles. The molecule has 0 fully saturated rings. The van der Waals surface area contributed by atoms with E-state index in [1.54, 1.807) is 6.07 Å². The maximum Gasteiger partial charge on any atom is 0.341 e. The molecule has 0 radical (unpaired) electrons. The Bertz CT molecular complexity index is 729. The molecule has 20 heavy (non-hydrogen) atoms. The zero-order valence-corrected chi connectivity index (χ0v) is 12.1. The van der Waals surface area contributed by atoms with E-state index in [1.165, 1.54) is 6.20 Å².